The topological polar surface area (TPSA) is 110 Å². The zero-order chi connectivity index (χ0) is 40.3. The minimum absolute atomic E-state index is 0.340. The first-order chi connectivity index (χ1) is 27.0. The molecule has 55 heavy (non-hydrogen) atoms. The Labute approximate surface area is 340 Å². The second kappa shape index (κ2) is 43.4. The monoisotopic (exact) mass is 774 g/mol. The Kier molecular flexibility index (Phi) is 42.0. The van der Waals surface area contributed by atoms with Crippen molar-refractivity contribution in [2.75, 3.05) is 6.61 Å². The van der Waals surface area contributed by atoms with E-state index in [1.807, 2.05) is 0 Å². The molecule has 0 aromatic carbocycles. The summed E-state index contributed by atoms with van der Waals surface area (Å²) in [7, 11) is 0. The van der Waals surface area contributed by atoms with Gasteiger partial charge in [-0.25, -0.2) is 0 Å². The van der Waals surface area contributed by atoms with E-state index in [1.54, 1.807) is 0 Å². The Morgan fingerprint density at radius 3 is 1.29 bits per heavy atom. The van der Waals surface area contributed by atoms with Crippen LogP contribution in [0.3, 0.4) is 0 Å². The second-order valence-corrected chi connectivity index (χ2v) is 16.1. The van der Waals surface area contributed by atoms with Crippen LogP contribution in [0.25, 0.3) is 0 Å². The second-order valence-electron chi connectivity index (χ2n) is 16.1. The quantitative estimate of drug-likeness (QED) is 0.0241. The number of aliphatic hydroxyl groups is 4. The third-order valence-electron chi connectivity index (χ3n) is 10.8. The van der Waals surface area contributed by atoms with Gasteiger partial charge < -0.3 is 25.7 Å². The summed E-state index contributed by atoms with van der Waals surface area (Å²) in [4.78, 5) is 12.5. The van der Waals surface area contributed by atoms with Crippen LogP contribution >= 0.6 is 0 Å². The first-order valence-electron chi connectivity index (χ1n) is 23.5. The average molecular weight is 774 g/mol. The first kappa shape index (κ1) is 53.3. The van der Waals surface area contributed by atoms with Crippen LogP contribution in [0.1, 0.15) is 226 Å². The molecule has 0 aliphatic carbocycles. The van der Waals surface area contributed by atoms with Gasteiger partial charge in [-0.2, -0.15) is 0 Å². The van der Waals surface area contributed by atoms with Gasteiger partial charge in [0, 0.05) is 0 Å². The standard InChI is InChI=1S/C49H91NO5/c1-3-5-7-9-11-13-15-17-19-20-21-22-23-24-25-26-27-28-29-31-32-34-36-38-40-42-46(52)48(54)45(44-51)50-49(55)47(53)43-41-39-37-35-33-30-18-16-14-12-10-8-6-4-2/h12,14,16,18,28-29,34,36,45-48,51-54H,3-11,13,15,17,19-27,30-33,35,37-44H2,1-2H3,(H,50,55)/b14-12-,18-16-,29-28+,36-34+. The van der Waals surface area contributed by atoms with Crippen molar-refractivity contribution in [3.8, 4) is 0 Å². The van der Waals surface area contributed by atoms with Gasteiger partial charge in [-0.1, -0.05) is 197 Å². The molecule has 0 rings (SSSR count). The number of carbonyl (C=O) groups excluding carboxylic acids is 1. The van der Waals surface area contributed by atoms with Gasteiger partial charge in [-0.3, -0.25) is 4.79 Å². The average Bonchev–Trinajstić information content (AvgIpc) is 3.19. The van der Waals surface area contributed by atoms with Crippen LogP contribution in [0, 0.1) is 0 Å². The first-order valence-corrected chi connectivity index (χ1v) is 23.5. The smallest absolute Gasteiger partial charge is 0.249 e. The Morgan fingerprint density at radius 2 is 0.818 bits per heavy atom. The minimum Gasteiger partial charge on any atom is -0.394 e. The van der Waals surface area contributed by atoms with Gasteiger partial charge in [0.1, 0.15) is 12.2 Å². The summed E-state index contributed by atoms with van der Waals surface area (Å²) in [5.74, 6) is -0.611. The van der Waals surface area contributed by atoms with Crippen molar-refractivity contribution in [2.24, 2.45) is 0 Å². The van der Waals surface area contributed by atoms with Gasteiger partial charge in [0.05, 0.1) is 18.8 Å². The molecule has 322 valence electrons. The van der Waals surface area contributed by atoms with Crippen molar-refractivity contribution >= 4 is 5.91 Å². The Balaban J connectivity index is 3.77. The Morgan fingerprint density at radius 1 is 0.455 bits per heavy atom. The summed E-state index contributed by atoms with van der Waals surface area (Å²) in [6, 6.07) is -1.02. The van der Waals surface area contributed by atoms with Crippen molar-refractivity contribution in [2.45, 2.75) is 250 Å². The SMILES string of the molecule is CCCCC/C=C\C=C/CCCCCCCC(O)C(=O)NC(CO)C(O)C(O)CCC/C=C/CC/C=C/CCCCCCCCCCCCCCCCCC. The van der Waals surface area contributed by atoms with Crippen molar-refractivity contribution < 1.29 is 25.2 Å². The normalized spacial score (nSPS) is 14.5. The predicted molar refractivity (Wildman–Crippen MR) is 237 cm³/mol. The fourth-order valence-electron chi connectivity index (χ4n) is 7.00. The van der Waals surface area contributed by atoms with Gasteiger partial charge in [0.25, 0.3) is 0 Å². The lowest BCUT2D eigenvalue weighted by Crippen LogP contribution is -2.53. The van der Waals surface area contributed by atoms with Gasteiger partial charge >= 0.3 is 0 Å². The number of allylic oxidation sites excluding steroid dienone is 8. The lowest BCUT2D eigenvalue weighted by molar-refractivity contribution is -0.132. The number of aliphatic hydroxyl groups excluding tert-OH is 4. The number of rotatable bonds is 42. The third kappa shape index (κ3) is 37.6. The van der Waals surface area contributed by atoms with Gasteiger partial charge in [-0.05, 0) is 77.0 Å². The fraction of sp³-hybridized carbons (Fsp3) is 0.816. The zero-order valence-corrected chi connectivity index (χ0v) is 36.2. The summed E-state index contributed by atoms with van der Waals surface area (Å²) >= 11 is 0. The van der Waals surface area contributed by atoms with E-state index < -0.39 is 36.9 Å². The van der Waals surface area contributed by atoms with E-state index >= 15 is 0 Å². The largest absolute Gasteiger partial charge is 0.394 e. The van der Waals surface area contributed by atoms with Crippen molar-refractivity contribution in [3.05, 3.63) is 48.6 Å². The molecule has 0 radical (unpaired) electrons. The number of hydrogen-bond acceptors (Lipinski definition) is 5. The molecule has 0 fully saturated rings. The summed E-state index contributed by atoms with van der Waals surface area (Å²) in [6.07, 6.45) is 53.0. The van der Waals surface area contributed by atoms with Crippen molar-refractivity contribution in [3.63, 3.8) is 0 Å². The molecule has 0 aliphatic heterocycles. The van der Waals surface area contributed by atoms with E-state index in [-0.39, 0.29) is 0 Å². The van der Waals surface area contributed by atoms with Crippen LogP contribution in [0.2, 0.25) is 0 Å². The molecule has 0 bridgehead atoms. The highest BCUT2D eigenvalue weighted by molar-refractivity contribution is 5.80. The van der Waals surface area contributed by atoms with Crippen LogP contribution in [0.4, 0.5) is 0 Å². The maximum absolute atomic E-state index is 12.5. The molecular weight excluding hydrogens is 683 g/mol. The van der Waals surface area contributed by atoms with E-state index in [0.29, 0.717) is 19.3 Å². The van der Waals surface area contributed by atoms with Crippen molar-refractivity contribution in [1.29, 1.82) is 0 Å². The van der Waals surface area contributed by atoms with Crippen LogP contribution in [0.15, 0.2) is 48.6 Å². The molecule has 5 N–H and O–H groups in total. The number of carbonyl (C=O) groups is 1. The van der Waals surface area contributed by atoms with E-state index in [1.165, 1.54) is 128 Å². The molecule has 0 saturated carbocycles. The van der Waals surface area contributed by atoms with Crippen LogP contribution < -0.4 is 5.32 Å². The van der Waals surface area contributed by atoms with E-state index in [9.17, 15) is 25.2 Å². The van der Waals surface area contributed by atoms with Crippen LogP contribution in [-0.4, -0.2) is 57.3 Å². The van der Waals surface area contributed by atoms with Gasteiger partial charge in [0.2, 0.25) is 5.91 Å². The third-order valence-corrected chi connectivity index (χ3v) is 10.8. The van der Waals surface area contributed by atoms with Crippen LogP contribution in [-0.2, 0) is 4.79 Å². The molecule has 6 heteroatoms. The molecule has 0 aromatic rings. The molecule has 0 heterocycles. The maximum atomic E-state index is 12.5. The number of nitrogens with one attached hydrogen (secondary N) is 1. The summed E-state index contributed by atoms with van der Waals surface area (Å²) < 4.78 is 0. The van der Waals surface area contributed by atoms with Crippen molar-refractivity contribution in [1.82, 2.24) is 5.32 Å². The van der Waals surface area contributed by atoms with Gasteiger partial charge in [0.15, 0.2) is 0 Å². The fourth-order valence-corrected chi connectivity index (χ4v) is 7.00. The number of unbranched alkanes of at least 4 members (excludes halogenated alkanes) is 26. The molecule has 0 aromatic heterocycles. The molecule has 0 saturated heterocycles. The van der Waals surface area contributed by atoms with Gasteiger partial charge in [-0.15, -0.1) is 0 Å². The lowest BCUT2D eigenvalue weighted by atomic mass is 10.00. The Bertz CT molecular complexity index is 915. The minimum atomic E-state index is -1.30. The predicted octanol–water partition coefficient (Wildman–Crippen LogP) is 12.7. The van der Waals surface area contributed by atoms with Crippen LogP contribution in [0.5, 0.6) is 0 Å². The number of hydrogen-bond donors (Lipinski definition) is 5. The highest BCUT2D eigenvalue weighted by atomic mass is 16.3. The molecule has 4 atom stereocenters. The summed E-state index contributed by atoms with van der Waals surface area (Å²) in [5.41, 5.74) is 0. The molecule has 0 aliphatic rings. The molecular formula is C49H91NO5. The van der Waals surface area contributed by atoms with E-state index in [2.05, 4.69) is 67.8 Å². The zero-order valence-electron chi connectivity index (χ0n) is 36.2. The summed E-state index contributed by atoms with van der Waals surface area (Å²) in [6.45, 7) is 4.00. The Hall–Kier alpha value is -1.73. The highest BCUT2D eigenvalue weighted by Crippen LogP contribution is 2.15. The van der Waals surface area contributed by atoms with E-state index in [0.717, 1.165) is 64.2 Å². The summed E-state index contributed by atoms with van der Waals surface area (Å²) in [5, 5.41) is 43.7. The van der Waals surface area contributed by atoms with E-state index in [4.69, 9.17) is 0 Å². The maximum Gasteiger partial charge on any atom is 0.249 e. The number of amides is 1. The lowest BCUT2D eigenvalue weighted by Gasteiger charge is -2.27. The molecule has 0 spiro atoms. The molecule has 1 amide bonds. The highest BCUT2D eigenvalue weighted by Gasteiger charge is 2.28. The molecule has 4 unspecified atom stereocenters. The molecule has 6 nitrogen and oxygen atoms in total.